The molecule has 0 saturated heterocycles. The molecule has 0 aromatic heterocycles. The second-order valence-electron chi connectivity index (χ2n) is 4.87. The number of hydrogen-bond acceptors (Lipinski definition) is 1. The lowest BCUT2D eigenvalue weighted by Crippen LogP contribution is -2.20. The van der Waals surface area contributed by atoms with Gasteiger partial charge in [0.2, 0.25) is 0 Å². The smallest absolute Gasteiger partial charge is 0.131 e. The van der Waals surface area contributed by atoms with Gasteiger partial charge in [0.05, 0.1) is 6.04 Å². The molecule has 0 amide bonds. The van der Waals surface area contributed by atoms with Gasteiger partial charge < -0.3 is 5.32 Å². The van der Waals surface area contributed by atoms with Crippen LogP contribution in [0.15, 0.2) is 30.3 Å². The first-order valence-electron chi connectivity index (χ1n) is 6.33. The molecule has 2 rings (SSSR count). The summed E-state index contributed by atoms with van der Waals surface area (Å²) in [5, 5.41) is 2.89. The van der Waals surface area contributed by atoms with Crippen molar-refractivity contribution >= 4 is 0 Å². The van der Waals surface area contributed by atoms with Crippen LogP contribution in [0.2, 0.25) is 0 Å². The van der Waals surface area contributed by atoms with Crippen molar-refractivity contribution in [1.82, 2.24) is 5.32 Å². The Bertz CT molecular complexity index is 638. The maximum Gasteiger partial charge on any atom is 0.131 e. The Balaban J connectivity index is 2.58. The molecule has 2 aromatic carbocycles. The number of nitrogens with one attached hydrogen (secondary N) is 1. The molecule has 1 N–H and O–H groups in total. The van der Waals surface area contributed by atoms with Crippen LogP contribution >= 0.6 is 0 Å². The first kappa shape index (κ1) is 14.6. The van der Waals surface area contributed by atoms with Crippen LogP contribution in [0.25, 0.3) is 0 Å². The van der Waals surface area contributed by atoms with E-state index in [0.29, 0.717) is 11.1 Å². The molecule has 0 aliphatic rings. The maximum absolute atomic E-state index is 14.0. The molecule has 1 unspecified atom stereocenters. The molecule has 0 heterocycles. The average Bonchev–Trinajstić information content (AvgIpc) is 2.40. The van der Waals surface area contributed by atoms with E-state index in [4.69, 9.17) is 0 Å². The summed E-state index contributed by atoms with van der Waals surface area (Å²) in [6, 6.07) is 6.25. The SMILES string of the molecule is CNC(c1cc(C)ccc1F)c1cc(C)c(F)cc1F. The molecule has 4 heteroatoms. The van der Waals surface area contributed by atoms with Gasteiger partial charge in [0.25, 0.3) is 0 Å². The van der Waals surface area contributed by atoms with E-state index in [1.165, 1.54) is 12.1 Å². The fraction of sp³-hybridized carbons (Fsp3) is 0.250. The Morgan fingerprint density at radius 1 is 0.850 bits per heavy atom. The molecule has 20 heavy (non-hydrogen) atoms. The predicted molar refractivity (Wildman–Crippen MR) is 73.1 cm³/mol. The normalized spacial score (nSPS) is 12.5. The van der Waals surface area contributed by atoms with Crippen LogP contribution in [0, 0.1) is 31.3 Å². The highest BCUT2D eigenvalue weighted by molar-refractivity contribution is 5.37. The number of hydrogen-bond donors (Lipinski definition) is 1. The molecule has 0 fully saturated rings. The summed E-state index contributed by atoms with van der Waals surface area (Å²) in [5.74, 6) is -1.71. The Kier molecular flexibility index (Phi) is 4.14. The molecule has 1 atom stereocenters. The highest BCUT2D eigenvalue weighted by Crippen LogP contribution is 2.28. The fourth-order valence-electron chi connectivity index (χ4n) is 2.26. The van der Waals surface area contributed by atoms with Gasteiger partial charge in [0, 0.05) is 17.2 Å². The van der Waals surface area contributed by atoms with Crippen molar-refractivity contribution in [2.75, 3.05) is 7.05 Å². The third-order valence-corrected chi connectivity index (χ3v) is 3.34. The molecule has 0 bridgehead atoms. The predicted octanol–water partition coefficient (Wildman–Crippen LogP) is 4.03. The van der Waals surface area contributed by atoms with Gasteiger partial charge in [0.1, 0.15) is 17.5 Å². The molecule has 0 radical (unpaired) electrons. The standard InChI is InChI=1S/C16H16F3N/c1-9-4-5-13(17)11(6-9)16(20-3)12-7-10(2)14(18)8-15(12)19/h4-8,16,20H,1-3H3. The molecule has 0 saturated carbocycles. The Labute approximate surface area is 116 Å². The van der Waals surface area contributed by atoms with Crippen LogP contribution in [-0.4, -0.2) is 7.05 Å². The van der Waals surface area contributed by atoms with Gasteiger partial charge in [-0.1, -0.05) is 17.7 Å². The molecule has 0 aliphatic heterocycles. The molecular formula is C16H16F3N. The molecular weight excluding hydrogens is 263 g/mol. The second kappa shape index (κ2) is 5.67. The minimum Gasteiger partial charge on any atom is -0.309 e. The summed E-state index contributed by atoms with van der Waals surface area (Å²) in [6.07, 6.45) is 0. The summed E-state index contributed by atoms with van der Waals surface area (Å²) in [7, 11) is 1.62. The summed E-state index contributed by atoms with van der Waals surface area (Å²) in [5.41, 5.74) is 1.78. The third kappa shape index (κ3) is 2.70. The minimum atomic E-state index is -0.687. The molecule has 2 aromatic rings. The van der Waals surface area contributed by atoms with Crippen molar-refractivity contribution in [2.45, 2.75) is 19.9 Å². The van der Waals surface area contributed by atoms with E-state index < -0.39 is 23.5 Å². The van der Waals surface area contributed by atoms with Crippen molar-refractivity contribution in [1.29, 1.82) is 0 Å². The van der Waals surface area contributed by atoms with Crippen LogP contribution in [-0.2, 0) is 0 Å². The molecule has 106 valence electrons. The Morgan fingerprint density at radius 2 is 1.50 bits per heavy atom. The van der Waals surface area contributed by atoms with E-state index in [1.807, 2.05) is 6.92 Å². The van der Waals surface area contributed by atoms with Gasteiger partial charge in [-0.2, -0.15) is 0 Å². The fourth-order valence-corrected chi connectivity index (χ4v) is 2.26. The summed E-state index contributed by atoms with van der Waals surface area (Å²) in [6.45, 7) is 3.39. The first-order valence-corrected chi connectivity index (χ1v) is 6.33. The minimum absolute atomic E-state index is 0.232. The van der Waals surface area contributed by atoms with E-state index in [1.54, 1.807) is 26.1 Å². The lowest BCUT2D eigenvalue weighted by Gasteiger charge is -2.20. The summed E-state index contributed by atoms with van der Waals surface area (Å²) in [4.78, 5) is 0. The maximum atomic E-state index is 14.0. The van der Waals surface area contributed by atoms with Crippen LogP contribution in [0.1, 0.15) is 28.3 Å². The van der Waals surface area contributed by atoms with Crippen LogP contribution in [0.3, 0.4) is 0 Å². The van der Waals surface area contributed by atoms with Gasteiger partial charge in [-0.15, -0.1) is 0 Å². The number of rotatable bonds is 3. The van der Waals surface area contributed by atoms with Crippen LogP contribution < -0.4 is 5.32 Å². The van der Waals surface area contributed by atoms with E-state index in [-0.39, 0.29) is 5.56 Å². The number of halogens is 3. The van der Waals surface area contributed by atoms with Crippen LogP contribution in [0.4, 0.5) is 13.2 Å². The van der Waals surface area contributed by atoms with Gasteiger partial charge in [-0.05, 0) is 38.6 Å². The third-order valence-electron chi connectivity index (χ3n) is 3.34. The molecule has 0 aliphatic carbocycles. The van der Waals surface area contributed by atoms with Crippen molar-refractivity contribution in [3.05, 3.63) is 70.0 Å². The summed E-state index contributed by atoms with van der Waals surface area (Å²) < 4.78 is 41.3. The Hall–Kier alpha value is -1.81. The van der Waals surface area contributed by atoms with Crippen molar-refractivity contribution in [3.63, 3.8) is 0 Å². The van der Waals surface area contributed by atoms with E-state index in [9.17, 15) is 13.2 Å². The van der Waals surface area contributed by atoms with Gasteiger partial charge in [0.15, 0.2) is 0 Å². The van der Waals surface area contributed by atoms with E-state index in [2.05, 4.69) is 5.32 Å². The zero-order valence-electron chi connectivity index (χ0n) is 11.6. The second-order valence-corrected chi connectivity index (χ2v) is 4.87. The van der Waals surface area contributed by atoms with Gasteiger partial charge in [-0.3, -0.25) is 0 Å². The highest BCUT2D eigenvalue weighted by Gasteiger charge is 2.21. The monoisotopic (exact) mass is 279 g/mol. The Morgan fingerprint density at radius 3 is 2.15 bits per heavy atom. The van der Waals surface area contributed by atoms with Gasteiger partial charge >= 0.3 is 0 Å². The lowest BCUT2D eigenvalue weighted by atomic mass is 9.95. The zero-order chi connectivity index (χ0) is 14.9. The lowest BCUT2D eigenvalue weighted by molar-refractivity contribution is 0.532. The van der Waals surface area contributed by atoms with Gasteiger partial charge in [-0.25, -0.2) is 13.2 Å². The average molecular weight is 279 g/mol. The van der Waals surface area contributed by atoms with E-state index in [0.717, 1.165) is 11.6 Å². The molecule has 0 spiro atoms. The number of aryl methyl sites for hydroxylation is 2. The number of benzene rings is 2. The zero-order valence-corrected chi connectivity index (χ0v) is 11.6. The molecule has 1 nitrogen and oxygen atoms in total. The highest BCUT2D eigenvalue weighted by atomic mass is 19.1. The summed E-state index contributed by atoms with van der Waals surface area (Å²) >= 11 is 0. The quantitative estimate of drug-likeness (QED) is 0.894. The van der Waals surface area contributed by atoms with Crippen LogP contribution in [0.5, 0.6) is 0 Å². The van der Waals surface area contributed by atoms with Crippen molar-refractivity contribution in [3.8, 4) is 0 Å². The largest absolute Gasteiger partial charge is 0.309 e. The van der Waals surface area contributed by atoms with E-state index >= 15 is 0 Å². The van der Waals surface area contributed by atoms with Crippen molar-refractivity contribution in [2.24, 2.45) is 0 Å². The topological polar surface area (TPSA) is 12.0 Å². The first-order chi connectivity index (χ1) is 9.43. The van der Waals surface area contributed by atoms with Crippen molar-refractivity contribution < 1.29 is 13.2 Å².